The van der Waals surface area contributed by atoms with Gasteiger partial charge < -0.3 is 25.1 Å². The van der Waals surface area contributed by atoms with Crippen molar-refractivity contribution in [1.29, 1.82) is 0 Å². The van der Waals surface area contributed by atoms with Crippen molar-refractivity contribution in [3.05, 3.63) is 46.6 Å². The molecule has 1 aliphatic heterocycles. The summed E-state index contributed by atoms with van der Waals surface area (Å²) in [5, 5.41) is 17.1. The molecule has 0 atom stereocenters. The van der Waals surface area contributed by atoms with Gasteiger partial charge in [0.2, 0.25) is 5.91 Å². The van der Waals surface area contributed by atoms with Gasteiger partial charge in [0.25, 0.3) is 0 Å². The highest BCUT2D eigenvalue weighted by atomic mass is 16.6. The molecule has 9 heteroatoms. The number of rotatable bonds is 5. The van der Waals surface area contributed by atoms with Crippen molar-refractivity contribution in [2.45, 2.75) is 6.54 Å². The first-order valence-corrected chi connectivity index (χ1v) is 7.52. The van der Waals surface area contributed by atoms with Crippen molar-refractivity contribution < 1.29 is 14.5 Å². The summed E-state index contributed by atoms with van der Waals surface area (Å²) in [5.41, 5.74) is 1.69. The average molecular weight is 331 g/mol. The average Bonchev–Trinajstić information content (AvgIpc) is 3.04. The lowest BCUT2D eigenvalue weighted by molar-refractivity contribution is -0.389. The summed E-state index contributed by atoms with van der Waals surface area (Å²) >= 11 is 0. The molecule has 1 N–H and O–H groups in total. The summed E-state index contributed by atoms with van der Waals surface area (Å²) in [5.74, 6) is -0.579. The van der Waals surface area contributed by atoms with E-state index in [1.807, 2.05) is 18.2 Å². The van der Waals surface area contributed by atoms with E-state index in [0.717, 1.165) is 18.8 Å². The van der Waals surface area contributed by atoms with Gasteiger partial charge in [-0.15, -0.1) is 0 Å². The van der Waals surface area contributed by atoms with Gasteiger partial charge in [-0.05, 0) is 23.1 Å². The smallest absolute Gasteiger partial charge is 0.378 e. The van der Waals surface area contributed by atoms with E-state index in [4.69, 9.17) is 4.74 Å². The molecule has 0 radical (unpaired) electrons. The minimum atomic E-state index is -0.597. The van der Waals surface area contributed by atoms with Crippen LogP contribution in [-0.4, -0.2) is 46.9 Å². The van der Waals surface area contributed by atoms with Gasteiger partial charge in [0, 0.05) is 24.5 Å². The van der Waals surface area contributed by atoms with Gasteiger partial charge >= 0.3 is 5.82 Å². The van der Waals surface area contributed by atoms with Gasteiger partial charge in [-0.2, -0.15) is 4.68 Å². The molecule has 3 rings (SSSR count). The summed E-state index contributed by atoms with van der Waals surface area (Å²) in [4.78, 5) is 24.3. The minimum Gasteiger partial charge on any atom is -0.378 e. The Morgan fingerprint density at radius 3 is 2.83 bits per heavy atom. The van der Waals surface area contributed by atoms with E-state index in [9.17, 15) is 14.9 Å². The van der Waals surface area contributed by atoms with Gasteiger partial charge in [0.05, 0.1) is 30.6 Å². The zero-order chi connectivity index (χ0) is 16.9. The van der Waals surface area contributed by atoms with Gasteiger partial charge in [-0.1, -0.05) is 6.07 Å². The molecule has 0 unspecified atom stereocenters. The van der Waals surface area contributed by atoms with Crippen LogP contribution in [0.5, 0.6) is 0 Å². The zero-order valence-electron chi connectivity index (χ0n) is 12.9. The Morgan fingerprint density at radius 2 is 2.12 bits per heavy atom. The van der Waals surface area contributed by atoms with E-state index in [2.05, 4.69) is 15.3 Å². The number of nitrogens with zero attached hydrogens (tertiary/aromatic N) is 4. The third-order valence-electron chi connectivity index (χ3n) is 3.63. The van der Waals surface area contributed by atoms with Crippen molar-refractivity contribution in [1.82, 2.24) is 9.78 Å². The Bertz CT molecular complexity index is 739. The Kier molecular flexibility index (Phi) is 4.71. The molecule has 1 saturated heterocycles. The van der Waals surface area contributed by atoms with Crippen LogP contribution in [0.2, 0.25) is 0 Å². The predicted molar refractivity (Wildman–Crippen MR) is 87.0 cm³/mol. The Morgan fingerprint density at radius 1 is 1.33 bits per heavy atom. The Hall–Kier alpha value is -2.94. The number of amides is 1. The molecule has 1 fully saturated rings. The number of aromatic nitrogens is 2. The summed E-state index contributed by atoms with van der Waals surface area (Å²) in [6.45, 7) is 2.92. The number of ether oxygens (including phenoxy) is 1. The molecule has 1 aromatic heterocycles. The second-order valence-electron chi connectivity index (χ2n) is 5.33. The van der Waals surface area contributed by atoms with E-state index >= 15 is 0 Å². The SMILES string of the molecule is O=C(Cn1ccc([N+](=O)[O-])n1)Nc1cccc(N2CCOCC2)c1. The lowest BCUT2D eigenvalue weighted by Crippen LogP contribution is -2.36. The van der Waals surface area contributed by atoms with Crippen LogP contribution >= 0.6 is 0 Å². The fraction of sp³-hybridized carbons (Fsp3) is 0.333. The van der Waals surface area contributed by atoms with Crippen molar-refractivity contribution in [2.24, 2.45) is 0 Å². The number of anilines is 2. The van der Waals surface area contributed by atoms with Crippen LogP contribution in [0.15, 0.2) is 36.5 Å². The predicted octanol–water partition coefficient (Wildman–Crippen LogP) is 1.27. The molecular weight excluding hydrogens is 314 g/mol. The maximum atomic E-state index is 12.1. The standard InChI is InChI=1S/C15H17N5O4/c21-15(11-19-5-4-14(17-19)20(22)23)16-12-2-1-3-13(10-12)18-6-8-24-9-7-18/h1-5,10H,6-9,11H2,(H,16,21). The van der Waals surface area contributed by atoms with E-state index < -0.39 is 4.92 Å². The maximum absolute atomic E-state index is 12.1. The van der Waals surface area contributed by atoms with Crippen LogP contribution in [-0.2, 0) is 16.1 Å². The largest absolute Gasteiger partial charge is 0.389 e. The van der Waals surface area contributed by atoms with Gasteiger partial charge in [0.15, 0.2) is 0 Å². The summed E-state index contributed by atoms with van der Waals surface area (Å²) < 4.78 is 6.57. The summed E-state index contributed by atoms with van der Waals surface area (Å²) in [6, 6.07) is 8.81. The maximum Gasteiger partial charge on any atom is 0.389 e. The van der Waals surface area contributed by atoms with E-state index in [0.29, 0.717) is 18.9 Å². The van der Waals surface area contributed by atoms with Crippen molar-refractivity contribution in [3.63, 3.8) is 0 Å². The highest BCUT2D eigenvalue weighted by Crippen LogP contribution is 2.20. The van der Waals surface area contributed by atoms with Crippen LogP contribution in [0.1, 0.15) is 0 Å². The first-order chi connectivity index (χ1) is 11.6. The number of carbonyl (C=O) groups excluding carboxylic acids is 1. The van der Waals surface area contributed by atoms with E-state index in [1.165, 1.54) is 16.9 Å². The van der Waals surface area contributed by atoms with Gasteiger partial charge in [-0.25, -0.2) is 0 Å². The molecule has 9 nitrogen and oxygen atoms in total. The number of benzene rings is 1. The summed E-state index contributed by atoms with van der Waals surface area (Å²) in [7, 11) is 0. The van der Waals surface area contributed by atoms with E-state index in [-0.39, 0.29) is 18.3 Å². The molecule has 126 valence electrons. The molecule has 1 aromatic carbocycles. The first-order valence-electron chi connectivity index (χ1n) is 7.52. The molecular formula is C15H17N5O4. The Balaban J connectivity index is 1.62. The molecule has 0 spiro atoms. The number of nitro groups is 1. The normalized spacial score (nSPS) is 14.4. The fourth-order valence-corrected chi connectivity index (χ4v) is 2.49. The second kappa shape index (κ2) is 7.09. The molecule has 1 aliphatic rings. The molecule has 0 aliphatic carbocycles. The van der Waals surface area contributed by atoms with E-state index in [1.54, 1.807) is 6.07 Å². The van der Waals surface area contributed by atoms with Gasteiger partial charge in [-0.3, -0.25) is 4.79 Å². The topological polar surface area (TPSA) is 103 Å². The lowest BCUT2D eigenvalue weighted by atomic mass is 10.2. The van der Waals surface area contributed by atoms with Crippen molar-refractivity contribution in [3.8, 4) is 0 Å². The monoisotopic (exact) mass is 331 g/mol. The Labute approximate surface area is 138 Å². The lowest BCUT2D eigenvalue weighted by Gasteiger charge is -2.29. The number of morpholine rings is 1. The van der Waals surface area contributed by atoms with Crippen molar-refractivity contribution >= 4 is 23.1 Å². The zero-order valence-corrected chi connectivity index (χ0v) is 12.9. The molecule has 2 heterocycles. The highest BCUT2D eigenvalue weighted by Gasteiger charge is 2.15. The molecule has 24 heavy (non-hydrogen) atoms. The third-order valence-corrected chi connectivity index (χ3v) is 3.63. The van der Waals surface area contributed by atoms with Crippen LogP contribution in [0, 0.1) is 10.1 Å². The fourth-order valence-electron chi connectivity index (χ4n) is 2.49. The highest BCUT2D eigenvalue weighted by molar-refractivity contribution is 5.91. The van der Waals surface area contributed by atoms with Crippen LogP contribution < -0.4 is 10.2 Å². The van der Waals surface area contributed by atoms with Crippen LogP contribution in [0.3, 0.4) is 0 Å². The third kappa shape index (κ3) is 3.87. The molecule has 2 aromatic rings. The van der Waals surface area contributed by atoms with Crippen LogP contribution in [0.4, 0.5) is 17.2 Å². The van der Waals surface area contributed by atoms with Gasteiger partial charge in [0.1, 0.15) is 6.54 Å². The quantitative estimate of drug-likeness (QED) is 0.654. The number of nitrogens with one attached hydrogen (secondary N) is 1. The number of hydrogen-bond acceptors (Lipinski definition) is 6. The number of carbonyl (C=O) groups is 1. The summed E-state index contributed by atoms with van der Waals surface area (Å²) in [6.07, 6.45) is 1.40. The molecule has 1 amide bonds. The molecule has 0 saturated carbocycles. The first kappa shape index (κ1) is 15.9. The molecule has 0 bridgehead atoms. The number of hydrogen-bond donors (Lipinski definition) is 1. The second-order valence-corrected chi connectivity index (χ2v) is 5.33. The van der Waals surface area contributed by atoms with Crippen molar-refractivity contribution in [2.75, 3.05) is 36.5 Å². The van der Waals surface area contributed by atoms with Crippen LogP contribution in [0.25, 0.3) is 0 Å². The minimum absolute atomic E-state index is 0.0877.